The molecule has 2 rings (SSSR count). The van der Waals surface area contributed by atoms with Gasteiger partial charge in [-0.15, -0.1) is 0 Å². The highest BCUT2D eigenvalue weighted by Gasteiger charge is 2.22. The Bertz CT molecular complexity index is 507. The van der Waals surface area contributed by atoms with Crippen LogP contribution in [0.2, 0.25) is 0 Å². The molecular weight excluding hydrogens is 262 g/mol. The van der Waals surface area contributed by atoms with Crippen molar-refractivity contribution < 1.29 is 13.2 Å². The minimum Gasteiger partial charge on any atom is -0.496 e. The van der Waals surface area contributed by atoms with Crippen molar-refractivity contribution >= 4 is 9.84 Å². The van der Waals surface area contributed by atoms with E-state index in [1.54, 1.807) is 7.11 Å². The standard InChI is InChI=1S/C14H21NO3S/c1-18-14-7-3-2-5-12(14)8-10-19(16,17)11-13-6-4-9-15-13/h2-3,5,7,13,15H,4,6,8-11H2,1H3. The molecule has 1 aromatic carbocycles. The van der Waals surface area contributed by atoms with Crippen LogP contribution in [0.1, 0.15) is 18.4 Å². The first-order valence-corrected chi connectivity index (χ1v) is 8.48. The molecule has 5 heteroatoms. The lowest BCUT2D eigenvalue weighted by atomic mass is 10.1. The molecule has 0 radical (unpaired) electrons. The van der Waals surface area contributed by atoms with Gasteiger partial charge in [0, 0.05) is 6.04 Å². The van der Waals surface area contributed by atoms with Crippen molar-refractivity contribution in [2.24, 2.45) is 0 Å². The average Bonchev–Trinajstić information content (AvgIpc) is 2.89. The zero-order valence-corrected chi connectivity index (χ0v) is 12.1. The lowest BCUT2D eigenvalue weighted by molar-refractivity contribution is 0.410. The fourth-order valence-corrected chi connectivity index (χ4v) is 4.06. The molecule has 0 aromatic heterocycles. The molecule has 1 atom stereocenters. The van der Waals surface area contributed by atoms with Crippen LogP contribution in [-0.2, 0) is 16.3 Å². The van der Waals surface area contributed by atoms with E-state index in [0.29, 0.717) is 6.42 Å². The number of aryl methyl sites for hydroxylation is 1. The number of benzene rings is 1. The maximum atomic E-state index is 12.1. The molecule has 1 aromatic rings. The molecule has 1 N–H and O–H groups in total. The number of para-hydroxylation sites is 1. The Morgan fingerprint density at radius 1 is 1.37 bits per heavy atom. The second-order valence-electron chi connectivity index (χ2n) is 4.97. The summed E-state index contributed by atoms with van der Waals surface area (Å²) in [6, 6.07) is 7.72. The number of hydrogen-bond donors (Lipinski definition) is 1. The van der Waals surface area contributed by atoms with Gasteiger partial charge in [-0.2, -0.15) is 0 Å². The van der Waals surface area contributed by atoms with Crippen LogP contribution in [0, 0.1) is 0 Å². The summed E-state index contributed by atoms with van der Waals surface area (Å²) >= 11 is 0. The van der Waals surface area contributed by atoms with Crippen molar-refractivity contribution in [2.75, 3.05) is 25.2 Å². The fourth-order valence-electron chi connectivity index (χ4n) is 2.46. The second kappa shape index (κ2) is 6.39. The zero-order valence-electron chi connectivity index (χ0n) is 11.3. The smallest absolute Gasteiger partial charge is 0.152 e. The van der Waals surface area contributed by atoms with Crippen LogP contribution in [0.25, 0.3) is 0 Å². The van der Waals surface area contributed by atoms with Gasteiger partial charge in [-0.3, -0.25) is 0 Å². The Morgan fingerprint density at radius 3 is 2.84 bits per heavy atom. The molecule has 0 amide bonds. The van der Waals surface area contributed by atoms with Gasteiger partial charge >= 0.3 is 0 Å². The third-order valence-corrected chi connectivity index (χ3v) is 5.23. The molecule has 1 aliphatic heterocycles. The predicted molar refractivity (Wildman–Crippen MR) is 76.4 cm³/mol. The van der Waals surface area contributed by atoms with Crippen LogP contribution in [0.15, 0.2) is 24.3 Å². The summed E-state index contributed by atoms with van der Waals surface area (Å²) in [5, 5.41) is 3.23. The molecule has 0 spiro atoms. The Kier molecular flexibility index (Phi) is 4.82. The first kappa shape index (κ1) is 14.3. The highest BCUT2D eigenvalue weighted by Crippen LogP contribution is 2.18. The highest BCUT2D eigenvalue weighted by molar-refractivity contribution is 7.91. The Hall–Kier alpha value is -1.07. The molecule has 0 saturated carbocycles. The monoisotopic (exact) mass is 283 g/mol. The zero-order chi connectivity index (χ0) is 13.7. The van der Waals surface area contributed by atoms with Crippen molar-refractivity contribution in [3.05, 3.63) is 29.8 Å². The molecule has 1 fully saturated rings. The molecule has 0 bridgehead atoms. The number of rotatable bonds is 6. The van der Waals surface area contributed by atoms with Crippen molar-refractivity contribution in [2.45, 2.75) is 25.3 Å². The largest absolute Gasteiger partial charge is 0.496 e. The summed E-state index contributed by atoms with van der Waals surface area (Å²) in [6.07, 6.45) is 2.56. The van der Waals surface area contributed by atoms with Crippen molar-refractivity contribution in [1.29, 1.82) is 0 Å². The Balaban J connectivity index is 1.93. The Labute approximate surface area is 115 Å². The van der Waals surface area contributed by atoms with Crippen molar-refractivity contribution in [1.82, 2.24) is 5.32 Å². The van der Waals surface area contributed by atoms with E-state index in [4.69, 9.17) is 4.74 Å². The minimum atomic E-state index is -3.01. The number of nitrogens with one attached hydrogen (secondary N) is 1. The molecule has 0 aliphatic carbocycles. The van der Waals surface area contributed by atoms with E-state index in [9.17, 15) is 8.42 Å². The average molecular weight is 283 g/mol. The number of ether oxygens (including phenoxy) is 1. The van der Waals surface area contributed by atoms with Gasteiger partial charge in [-0.05, 0) is 37.4 Å². The van der Waals surface area contributed by atoms with Gasteiger partial charge in [0.1, 0.15) is 5.75 Å². The third-order valence-electron chi connectivity index (χ3n) is 3.49. The van der Waals surface area contributed by atoms with Gasteiger partial charge in [-0.1, -0.05) is 18.2 Å². The first-order valence-electron chi connectivity index (χ1n) is 6.66. The van der Waals surface area contributed by atoms with Gasteiger partial charge in [-0.25, -0.2) is 8.42 Å². The summed E-state index contributed by atoms with van der Waals surface area (Å²) in [5.41, 5.74) is 0.952. The van der Waals surface area contributed by atoms with Crippen LogP contribution < -0.4 is 10.1 Å². The van der Waals surface area contributed by atoms with Crippen LogP contribution in [0.4, 0.5) is 0 Å². The molecule has 1 saturated heterocycles. The van der Waals surface area contributed by atoms with E-state index in [0.717, 1.165) is 30.7 Å². The summed E-state index contributed by atoms with van der Waals surface area (Å²) in [6.45, 7) is 0.937. The first-order chi connectivity index (χ1) is 9.11. The molecule has 106 valence electrons. The Morgan fingerprint density at radius 2 is 2.16 bits per heavy atom. The van der Waals surface area contributed by atoms with Crippen LogP contribution in [-0.4, -0.2) is 39.6 Å². The lowest BCUT2D eigenvalue weighted by Crippen LogP contribution is -2.31. The topological polar surface area (TPSA) is 55.4 Å². The summed E-state index contributed by atoms with van der Waals surface area (Å²) in [7, 11) is -1.40. The summed E-state index contributed by atoms with van der Waals surface area (Å²) < 4.78 is 29.4. The summed E-state index contributed by atoms with van der Waals surface area (Å²) in [4.78, 5) is 0. The molecular formula is C14H21NO3S. The maximum Gasteiger partial charge on any atom is 0.152 e. The van der Waals surface area contributed by atoms with Crippen LogP contribution in [0.5, 0.6) is 5.75 Å². The second-order valence-corrected chi connectivity index (χ2v) is 7.20. The quantitative estimate of drug-likeness (QED) is 0.857. The molecule has 1 aliphatic rings. The number of methoxy groups -OCH3 is 1. The van der Waals surface area contributed by atoms with Gasteiger partial charge < -0.3 is 10.1 Å². The SMILES string of the molecule is COc1ccccc1CCS(=O)(=O)CC1CCCN1. The van der Waals surface area contributed by atoms with Crippen LogP contribution >= 0.6 is 0 Å². The molecule has 19 heavy (non-hydrogen) atoms. The lowest BCUT2D eigenvalue weighted by Gasteiger charge is -2.12. The number of hydrogen-bond acceptors (Lipinski definition) is 4. The van der Waals surface area contributed by atoms with Gasteiger partial charge in [0.05, 0.1) is 18.6 Å². The van der Waals surface area contributed by atoms with E-state index >= 15 is 0 Å². The van der Waals surface area contributed by atoms with E-state index in [-0.39, 0.29) is 17.5 Å². The minimum absolute atomic E-state index is 0.141. The van der Waals surface area contributed by atoms with Gasteiger partial charge in [0.15, 0.2) is 9.84 Å². The van der Waals surface area contributed by atoms with Crippen molar-refractivity contribution in [3.63, 3.8) is 0 Å². The van der Waals surface area contributed by atoms with Crippen LogP contribution in [0.3, 0.4) is 0 Å². The number of sulfone groups is 1. The highest BCUT2D eigenvalue weighted by atomic mass is 32.2. The van der Waals surface area contributed by atoms with E-state index in [1.165, 1.54) is 0 Å². The van der Waals surface area contributed by atoms with E-state index < -0.39 is 9.84 Å². The summed E-state index contributed by atoms with van der Waals surface area (Å²) in [5.74, 6) is 1.20. The fraction of sp³-hybridized carbons (Fsp3) is 0.571. The third kappa shape index (κ3) is 4.21. The predicted octanol–water partition coefficient (Wildman–Crippen LogP) is 1.40. The maximum absolute atomic E-state index is 12.1. The van der Waals surface area contributed by atoms with E-state index in [2.05, 4.69) is 5.32 Å². The van der Waals surface area contributed by atoms with Crippen molar-refractivity contribution in [3.8, 4) is 5.75 Å². The van der Waals surface area contributed by atoms with E-state index in [1.807, 2.05) is 24.3 Å². The van der Waals surface area contributed by atoms with Gasteiger partial charge in [0.2, 0.25) is 0 Å². The molecule has 1 heterocycles. The molecule has 4 nitrogen and oxygen atoms in total. The molecule has 1 unspecified atom stereocenters. The normalized spacial score (nSPS) is 19.5. The van der Waals surface area contributed by atoms with Gasteiger partial charge in [0.25, 0.3) is 0 Å².